The second-order valence-corrected chi connectivity index (χ2v) is 5.52. The maximum absolute atomic E-state index is 12.4. The smallest absolute Gasteiger partial charge is 0.199 e. The number of benzene rings is 1. The maximum Gasteiger partial charge on any atom is 0.199 e. The Balaban J connectivity index is 2.30. The Labute approximate surface area is 136 Å². The number of fused-ring (bicyclic) bond motifs is 1. The first-order chi connectivity index (χ1) is 11.0. The molecule has 23 heavy (non-hydrogen) atoms. The molecule has 0 spiro atoms. The summed E-state index contributed by atoms with van der Waals surface area (Å²) >= 11 is 0. The number of likely N-dealkylation sites (N-methyl/N-ethyl adjacent to an activating group) is 1. The molecular weight excluding hydrogens is 294 g/mol. The van der Waals surface area contributed by atoms with Crippen molar-refractivity contribution in [2.24, 2.45) is 0 Å². The molecule has 1 aromatic heterocycles. The van der Waals surface area contributed by atoms with Gasteiger partial charge < -0.3 is 19.2 Å². The first kappa shape index (κ1) is 17.3. The van der Waals surface area contributed by atoms with Crippen LogP contribution in [0.3, 0.4) is 0 Å². The third-order valence-electron chi connectivity index (χ3n) is 4.17. The van der Waals surface area contributed by atoms with Gasteiger partial charge in [-0.2, -0.15) is 0 Å². The number of rotatable bonds is 7. The molecule has 2 rings (SSSR count). The third kappa shape index (κ3) is 3.67. The molecule has 0 bridgehead atoms. The summed E-state index contributed by atoms with van der Waals surface area (Å²) in [5, 5.41) is 10.4. The molecule has 0 amide bonds. The van der Waals surface area contributed by atoms with Crippen molar-refractivity contribution in [3.63, 3.8) is 0 Å². The lowest BCUT2D eigenvalue weighted by Gasteiger charge is -2.18. The lowest BCUT2D eigenvalue weighted by Crippen LogP contribution is -2.27. The van der Waals surface area contributed by atoms with Crippen LogP contribution in [0.15, 0.2) is 21.3 Å². The van der Waals surface area contributed by atoms with Crippen molar-refractivity contribution in [2.45, 2.75) is 34.1 Å². The molecule has 0 saturated heterocycles. The number of hydrogen-bond donors (Lipinski definition) is 1. The second-order valence-electron chi connectivity index (χ2n) is 5.52. The van der Waals surface area contributed by atoms with Gasteiger partial charge in [0.1, 0.15) is 34.8 Å². The largest absolute Gasteiger partial charge is 0.507 e. The summed E-state index contributed by atoms with van der Waals surface area (Å²) in [7, 11) is 0. The molecule has 0 saturated carbocycles. The van der Waals surface area contributed by atoms with E-state index in [0.29, 0.717) is 35.7 Å². The van der Waals surface area contributed by atoms with Crippen molar-refractivity contribution in [2.75, 3.05) is 26.2 Å². The molecule has 0 aliphatic carbocycles. The van der Waals surface area contributed by atoms with E-state index in [1.165, 1.54) is 6.07 Å². The Kier molecular flexibility index (Phi) is 5.66. The highest BCUT2D eigenvalue weighted by Gasteiger charge is 2.15. The number of aryl methyl sites for hydroxylation is 1. The van der Waals surface area contributed by atoms with Gasteiger partial charge in [-0.25, -0.2) is 0 Å². The van der Waals surface area contributed by atoms with E-state index in [9.17, 15) is 9.90 Å². The van der Waals surface area contributed by atoms with E-state index in [-0.39, 0.29) is 16.6 Å². The topological polar surface area (TPSA) is 62.9 Å². The van der Waals surface area contributed by atoms with Gasteiger partial charge in [-0.15, -0.1) is 0 Å². The molecule has 0 fully saturated rings. The van der Waals surface area contributed by atoms with Crippen LogP contribution in [-0.4, -0.2) is 36.2 Å². The van der Waals surface area contributed by atoms with Crippen LogP contribution in [0.4, 0.5) is 0 Å². The highest BCUT2D eigenvalue weighted by atomic mass is 16.5. The predicted molar refractivity (Wildman–Crippen MR) is 91.5 cm³/mol. The summed E-state index contributed by atoms with van der Waals surface area (Å²) in [5.74, 6) is 1.05. The van der Waals surface area contributed by atoms with Gasteiger partial charge in [-0.1, -0.05) is 20.8 Å². The fourth-order valence-corrected chi connectivity index (χ4v) is 2.66. The van der Waals surface area contributed by atoms with Crippen LogP contribution in [0.1, 0.15) is 32.1 Å². The Bertz CT molecular complexity index is 732. The monoisotopic (exact) mass is 319 g/mol. The van der Waals surface area contributed by atoms with Gasteiger partial charge in [0.2, 0.25) is 0 Å². The first-order valence-corrected chi connectivity index (χ1v) is 8.16. The number of hydrogen-bond acceptors (Lipinski definition) is 5. The van der Waals surface area contributed by atoms with Gasteiger partial charge in [-0.3, -0.25) is 4.79 Å². The van der Waals surface area contributed by atoms with Crippen LogP contribution in [0, 0.1) is 6.92 Å². The predicted octanol–water partition coefficient (Wildman–Crippen LogP) is 3.09. The van der Waals surface area contributed by atoms with E-state index in [1.807, 2.05) is 6.92 Å². The molecule has 2 aromatic rings. The van der Waals surface area contributed by atoms with Crippen LogP contribution in [0.5, 0.6) is 11.5 Å². The van der Waals surface area contributed by atoms with Crippen molar-refractivity contribution in [3.8, 4) is 11.5 Å². The van der Waals surface area contributed by atoms with Crippen LogP contribution < -0.4 is 10.2 Å². The van der Waals surface area contributed by atoms with Gasteiger partial charge in [0.25, 0.3) is 0 Å². The van der Waals surface area contributed by atoms with Gasteiger partial charge >= 0.3 is 0 Å². The lowest BCUT2D eigenvalue weighted by atomic mass is 10.1. The summed E-state index contributed by atoms with van der Waals surface area (Å²) in [5.41, 5.74) is 0.732. The average molecular weight is 319 g/mol. The zero-order chi connectivity index (χ0) is 17.0. The Morgan fingerprint density at radius 2 is 1.91 bits per heavy atom. The number of ether oxygens (including phenoxy) is 1. The van der Waals surface area contributed by atoms with Crippen molar-refractivity contribution < 1.29 is 14.3 Å². The summed E-state index contributed by atoms with van der Waals surface area (Å²) < 4.78 is 11.5. The minimum Gasteiger partial charge on any atom is -0.507 e. The van der Waals surface area contributed by atoms with Crippen LogP contribution in [-0.2, 0) is 6.42 Å². The number of nitrogens with zero attached hydrogens (tertiary/aromatic N) is 1. The fourth-order valence-electron chi connectivity index (χ4n) is 2.66. The van der Waals surface area contributed by atoms with Crippen molar-refractivity contribution >= 4 is 11.0 Å². The molecular formula is C18H25NO4. The van der Waals surface area contributed by atoms with E-state index in [0.717, 1.165) is 19.6 Å². The minimum atomic E-state index is -0.185. The van der Waals surface area contributed by atoms with Gasteiger partial charge in [0.05, 0.1) is 0 Å². The fraction of sp³-hybridized carbons (Fsp3) is 0.500. The molecule has 1 N–H and O–H groups in total. The summed E-state index contributed by atoms with van der Waals surface area (Å²) in [6.07, 6.45) is 0.630. The van der Waals surface area contributed by atoms with Crippen molar-refractivity contribution in [1.29, 1.82) is 0 Å². The quantitative estimate of drug-likeness (QED) is 0.849. The Morgan fingerprint density at radius 3 is 2.52 bits per heavy atom. The van der Waals surface area contributed by atoms with Crippen LogP contribution in [0.25, 0.3) is 11.0 Å². The molecule has 0 aliphatic rings. The molecule has 126 valence electrons. The number of phenols is 1. The summed E-state index contributed by atoms with van der Waals surface area (Å²) in [6.45, 7) is 11.1. The average Bonchev–Trinajstić information content (AvgIpc) is 2.54. The van der Waals surface area contributed by atoms with E-state index >= 15 is 0 Å². The SMILES string of the molecule is CCc1oc2cc(OCCN(CC)CC)cc(O)c2c(=O)c1C. The van der Waals surface area contributed by atoms with E-state index in [1.54, 1.807) is 13.0 Å². The number of aromatic hydroxyl groups is 1. The molecule has 1 heterocycles. The van der Waals surface area contributed by atoms with E-state index in [2.05, 4.69) is 18.7 Å². The first-order valence-electron chi connectivity index (χ1n) is 8.16. The lowest BCUT2D eigenvalue weighted by molar-refractivity contribution is 0.222. The van der Waals surface area contributed by atoms with Gasteiger partial charge in [0.15, 0.2) is 5.43 Å². The van der Waals surface area contributed by atoms with E-state index < -0.39 is 0 Å². The molecule has 5 nitrogen and oxygen atoms in total. The van der Waals surface area contributed by atoms with Crippen molar-refractivity contribution in [1.82, 2.24) is 4.90 Å². The Morgan fingerprint density at radius 1 is 1.22 bits per heavy atom. The van der Waals surface area contributed by atoms with Gasteiger partial charge in [0, 0.05) is 30.7 Å². The Hall–Kier alpha value is -2.01. The third-order valence-corrected chi connectivity index (χ3v) is 4.17. The highest BCUT2D eigenvalue weighted by molar-refractivity contribution is 5.85. The molecule has 5 heteroatoms. The minimum absolute atomic E-state index is 0.0974. The highest BCUT2D eigenvalue weighted by Crippen LogP contribution is 2.29. The van der Waals surface area contributed by atoms with Crippen molar-refractivity contribution in [3.05, 3.63) is 33.7 Å². The molecule has 0 radical (unpaired) electrons. The normalized spacial score (nSPS) is 11.3. The molecule has 0 unspecified atom stereocenters. The zero-order valence-corrected chi connectivity index (χ0v) is 14.3. The number of phenolic OH excluding ortho intramolecular Hbond substituents is 1. The zero-order valence-electron chi connectivity index (χ0n) is 14.3. The maximum atomic E-state index is 12.4. The van der Waals surface area contributed by atoms with Crippen LogP contribution >= 0.6 is 0 Å². The summed E-state index contributed by atoms with van der Waals surface area (Å²) in [6, 6.07) is 3.16. The van der Waals surface area contributed by atoms with E-state index in [4.69, 9.17) is 9.15 Å². The summed E-state index contributed by atoms with van der Waals surface area (Å²) in [4.78, 5) is 14.6. The van der Waals surface area contributed by atoms with Crippen LogP contribution in [0.2, 0.25) is 0 Å². The standard InChI is InChI=1S/C18H25NO4/c1-5-15-12(4)18(21)17-14(20)10-13(11-16(17)23-15)22-9-8-19(6-2)7-3/h10-11,20H,5-9H2,1-4H3. The second kappa shape index (κ2) is 7.51. The molecule has 1 aromatic carbocycles. The molecule has 0 atom stereocenters. The molecule has 0 aliphatic heterocycles. The van der Waals surface area contributed by atoms with Gasteiger partial charge in [-0.05, 0) is 20.0 Å².